The van der Waals surface area contributed by atoms with E-state index >= 15 is 0 Å². The van der Waals surface area contributed by atoms with Gasteiger partial charge < -0.3 is 9.47 Å². The fraction of sp³-hybridized carbons (Fsp3) is 0.350. The predicted molar refractivity (Wildman–Crippen MR) is 102 cm³/mol. The van der Waals surface area contributed by atoms with E-state index in [1.165, 1.54) is 12.1 Å². The van der Waals surface area contributed by atoms with Crippen molar-refractivity contribution in [3.05, 3.63) is 70.4 Å². The molecule has 140 valence electrons. The number of nitrogens with zero attached hydrogens (tertiary/aromatic N) is 4. The van der Waals surface area contributed by atoms with Gasteiger partial charge in [-0.3, -0.25) is 4.79 Å². The third-order valence-corrected chi connectivity index (χ3v) is 5.61. The highest BCUT2D eigenvalue weighted by atomic mass is 32.1. The second-order valence-corrected chi connectivity index (χ2v) is 7.59. The van der Waals surface area contributed by atoms with Crippen LogP contribution in [-0.2, 0) is 17.8 Å². The monoisotopic (exact) mass is 384 g/mol. The zero-order valence-corrected chi connectivity index (χ0v) is 15.7. The molecule has 5 nitrogen and oxygen atoms in total. The van der Waals surface area contributed by atoms with Crippen molar-refractivity contribution in [3.8, 4) is 0 Å². The minimum absolute atomic E-state index is 0.0870. The van der Waals surface area contributed by atoms with E-state index in [1.54, 1.807) is 23.5 Å². The minimum atomic E-state index is -0.281. The molecule has 0 aliphatic carbocycles. The van der Waals surface area contributed by atoms with E-state index in [4.69, 9.17) is 0 Å². The molecule has 3 aromatic rings. The molecule has 27 heavy (non-hydrogen) atoms. The van der Waals surface area contributed by atoms with Gasteiger partial charge in [0, 0.05) is 36.8 Å². The van der Waals surface area contributed by atoms with E-state index in [0.717, 1.165) is 36.5 Å². The number of piperidine rings is 1. The average Bonchev–Trinajstić information content (AvgIpc) is 3.36. The van der Waals surface area contributed by atoms with Gasteiger partial charge in [0.05, 0.1) is 24.2 Å². The molecule has 0 radical (unpaired) electrons. The summed E-state index contributed by atoms with van der Waals surface area (Å²) >= 11 is 1.59. The smallest absolute Gasteiger partial charge is 0.227 e. The average molecular weight is 384 g/mol. The van der Waals surface area contributed by atoms with Gasteiger partial charge in [0.15, 0.2) is 0 Å². The normalized spacial score (nSPS) is 17.2. The molecule has 1 aliphatic rings. The number of hydrogen-bond acceptors (Lipinski definition) is 4. The van der Waals surface area contributed by atoms with Crippen LogP contribution in [0.15, 0.2) is 47.5 Å². The second-order valence-electron chi connectivity index (χ2n) is 6.88. The number of carbonyl (C=O) groups is 1. The van der Waals surface area contributed by atoms with Crippen molar-refractivity contribution in [2.75, 3.05) is 13.1 Å². The first-order chi connectivity index (χ1) is 13.2. The zero-order chi connectivity index (χ0) is 18.6. The van der Waals surface area contributed by atoms with Gasteiger partial charge in [-0.2, -0.15) is 0 Å². The number of imidazole rings is 1. The van der Waals surface area contributed by atoms with E-state index in [-0.39, 0.29) is 17.6 Å². The van der Waals surface area contributed by atoms with Crippen LogP contribution in [0.4, 0.5) is 4.39 Å². The number of benzene rings is 1. The van der Waals surface area contributed by atoms with Gasteiger partial charge in [0.25, 0.3) is 0 Å². The standard InChI is InChI=1S/C20H21FN4OS/c21-17-5-3-15(4-6-17)10-19(26)24-8-1-2-16(11-24)20-22-7-9-25(20)12-18-13-27-14-23-18/h3-7,9,13-14,16H,1-2,8,10-12H2/t16-/m1/s1. The number of hydrogen-bond donors (Lipinski definition) is 0. The molecule has 1 aliphatic heterocycles. The van der Waals surface area contributed by atoms with Gasteiger partial charge in [-0.25, -0.2) is 14.4 Å². The van der Waals surface area contributed by atoms with Crippen LogP contribution in [0.2, 0.25) is 0 Å². The summed E-state index contributed by atoms with van der Waals surface area (Å²) in [6.45, 7) is 2.15. The zero-order valence-electron chi connectivity index (χ0n) is 14.9. The Kier molecular flexibility index (Phi) is 5.29. The third kappa shape index (κ3) is 4.24. The highest BCUT2D eigenvalue weighted by Gasteiger charge is 2.27. The molecule has 1 atom stereocenters. The first-order valence-corrected chi connectivity index (χ1v) is 10.0. The Hall–Kier alpha value is -2.54. The molecular formula is C20H21FN4OS. The van der Waals surface area contributed by atoms with E-state index in [2.05, 4.69) is 14.5 Å². The summed E-state index contributed by atoms with van der Waals surface area (Å²) in [6.07, 6.45) is 6.09. The number of carbonyl (C=O) groups excluding carboxylic acids is 1. The summed E-state index contributed by atoms with van der Waals surface area (Å²) in [5, 5.41) is 2.04. The lowest BCUT2D eigenvalue weighted by Crippen LogP contribution is -2.40. The van der Waals surface area contributed by atoms with Crippen molar-refractivity contribution < 1.29 is 9.18 Å². The number of rotatable bonds is 5. The van der Waals surface area contributed by atoms with Crippen molar-refractivity contribution in [2.45, 2.75) is 31.7 Å². The second kappa shape index (κ2) is 8.00. The lowest BCUT2D eigenvalue weighted by Gasteiger charge is -2.32. The molecule has 1 saturated heterocycles. The molecule has 0 unspecified atom stereocenters. The van der Waals surface area contributed by atoms with Crippen LogP contribution in [0.5, 0.6) is 0 Å². The molecule has 3 heterocycles. The fourth-order valence-corrected chi connectivity index (χ4v) is 4.16. The number of aromatic nitrogens is 3. The molecular weight excluding hydrogens is 363 g/mol. The molecule has 2 aromatic heterocycles. The molecule has 4 rings (SSSR count). The summed E-state index contributed by atoms with van der Waals surface area (Å²) in [4.78, 5) is 23.5. The van der Waals surface area contributed by atoms with Gasteiger partial charge in [0.2, 0.25) is 5.91 Å². The summed E-state index contributed by atoms with van der Waals surface area (Å²) < 4.78 is 15.2. The SMILES string of the molecule is O=C(Cc1ccc(F)cc1)N1CCC[C@@H](c2nccn2Cc2cscn2)C1. The molecule has 1 amide bonds. The lowest BCUT2D eigenvalue weighted by molar-refractivity contribution is -0.131. The van der Waals surface area contributed by atoms with Crippen LogP contribution < -0.4 is 0 Å². The van der Waals surface area contributed by atoms with Crippen LogP contribution in [-0.4, -0.2) is 38.4 Å². The van der Waals surface area contributed by atoms with Crippen molar-refractivity contribution in [3.63, 3.8) is 0 Å². The Balaban J connectivity index is 1.43. The first kappa shape index (κ1) is 17.9. The largest absolute Gasteiger partial charge is 0.342 e. The quantitative estimate of drug-likeness (QED) is 0.677. The van der Waals surface area contributed by atoms with E-state index < -0.39 is 0 Å². The van der Waals surface area contributed by atoms with Gasteiger partial charge in [-0.15, -0.1) is 11.3 Å². The summed E-state index contributed by atoms with van der Waals surface area (Å²) in [5.41, 5.74) is 3.70. The number of halogens is 1. The number of thiazole rings is 1. The highest BCUT2D eigenvalue weighted by Crippen LogP contribution is 2.27. The van der Waals surface area contributed by atoms with Gasteiger partial charge >= 0.3 is 0 Å². The first-order valence-electron chi connectivity index (χ1n) is 9.09. The molecule has 0 N–H and O–H groups in total. The Morgan fingerprint density at radius 3 is 2.89 bits per heavy atom. The van der Waals surface area contributed by atoms with Crippen LogP contribution >= 0.6 is 11.3 Å². The molecule has 0 saturated carbocycles. The molecule has 1 fully saturated rings. The van der Waals surface area contributed by atoms with E-state index in [9.17, 15) is 9.18 Å². The minimum Gasteiger partial charge on any atom is -0.342 e. The Morgan fingerprint density at radius 1 is 1.26 bits per heavy atom. The van der Waals surface area contributed by atoms with Gasteiger partial charge in [-0.05, 0) is 30.5 Å². The van der Waals surface area contributed by atoms with Crippen LogP contribution in [0.1, 0.15) is 35.8 Å². The molecule has 1 aromatic carbocycles. The Labute approximate surface area is 161 Å². The van der Waals surface area contributed by atoms with Crippen molar-refractivity contribution in [1.29, 1.82) is 0 Å². The fourth-order valence-electron chi connectivity index (χ4n) is 3.61. The topological polar surface area (TPSA) is 51.0 Å². The maximum atomic E-state index is 13.1. The van der Waals surface area contributed by atoms with Crippen LogP contribution in [0.25, 0.3) is 0 Å². The van der Waals surface area contributed by atoms with E-state index in [0.29, 0.717) is 19.5 Å². The summed E-state index contributed by atoms with van der Waals surface area (Å²) in [7, 11) is 0. The van der Waals surface area contributed by atoms with Crippen molar-refractivity contribution in [1.82, 2.24) is 19.4 Å². The summed E-state index contributed by atoms with van der Waals surface area (Å²) in [6, 6.07) is 6.15. The highest BCUT2D eigenvalue weighted by molar-refractivity contribution is 7.07. The Bertz CT molecular complexity index is 891. The predicted octanol–water partition coefficient (Wildman–Crippen LogP) is 3.48. The van der Waals surface area contributed by atoms with Gasteiger partial charge in [0.1, 0.15) is 11.6 Å². The van der Waals surface area contributed by atoms with Gasteiger partial charge in [-0.1, -0.05) is 12.1 Å². The summed E-state index contributed by atoms with van der Waals surface area (Å²) in [5.74, 6) is 1.05. The maximum absolute atomic E-state index is 13.1. The lowest BCUT2D eigenvalue weighted by atomic mass is 9.96. The number of amides is 1. The molecule has 7 heteroatoms. The maximum Gasteiger partial charge on any atom is 0.227 e. The van der Waals surface area contributed by atoms with Crippen LogP contribution in [0, 0.1) is 5.82 Å². The third-order valence-electron chi connectivity index (χ3n) is 4.97. The molecule has 0 spiro atoms. The number of likely N-dealkylation sites (tertiary alicyclic amines) is 1. The van der Waals surface area contributed by atoms with Crippen molar-refractivity contribution >= 4 is 17.2 Å². The Morgan fingerprint density at radius 2 is 2.11 bits per heavy atom. The van der Waals surface area contributed by atoms with Crippen molar-refractivity contribution in [2.24, 2.45) is 0 Å². The van der Waals surface area contributed by atoms with Crippen LogP contribution in [0.3, 0.4) is 0 Å². The van der Waals surface area contributed by atoms with E-state index in [1.807, 2.05) is 28.2 Å². The molecule has 0 bridgehead atoms.